The lowest BCUT2D eigenvalue weighted by molar-refractivity contribution is 0.775. The van der Waals surface area contributed by atoms with Crippen LogP contribution in [0.15, 0.2) is 200 Å². The van der Waals surface area contributed by atoms with E-state index in [1.807, 2.05) is 6.07 Å². The SMILES string of the molecule is CC/C=C\C1=C(C(C)c2nc(-c3ccccc3)nc(-c3ccc(-c4cc(C5=CC=CCC5)c(C5=CCCC=C5)c(-c5ccccc5)c4-c4ccccc4)cc3)n2)Cc2ccccc21. The van der Waals surface area contributed by atoms with Crippen LogP contribution in [0, 0.1) is 0 Å². The fourth-order valence-corrected chi connectivity index (χ4v) is 9.50. The Morgan fingerprint density at radius 2 is 1.21 bits per heavy atom. The van der Waals surface area contributed by atoms with Crippen LogP contribution < -0.4 is 0 Å². The molecule has 0 saturated carbocycles. The lowest BCUT2D eigenvalue weighted by Crippen LogP contribution is -2.09. The van der Waals surface area contributed by atoms with Crippen molar-refractivity contribution in [3.05, 3.63) is 228 Å². The summed E-state index contributed by atoms with van der Waals surface area (Å²) < 4.78 is 0. The minimum absolute atomic E-state index is 0.0165. The Hall–Kier alpha value is -7.23. The smallest absolute Gasteiger partial charge is 0.163 e. The first-order chi connectivity index (χ1) is 31.1. The largest absolute Gasteiger partial charge is 0.212 e. The van der Waals surface area contributed by atoms with E-state index >= 15 is 0 Å². The topological polar surface area (TPSA) is 38.7 Å². The number of fused-ring (bicyclic) bond motifs is 1. The van der Waals surface area contributed by atoms with Crippen LogP contribution in [0.25, 0.3) is 72.9 Å². The zero-order valence-electron chi connectivity index (χ0n) is 36.1. The van der Waals surface area contributed by atoms with Crippen LogP contribution in [0.3, 0.4) is 0 Å². The van der Waals surface area contributed by atoms with Crippen LogP contribution in [-0.2, 0) is 6.42 Å². The Morgan fingerprint density at radius 1 is 0.571 bits per heavy atom. The molecule has 3 heteroatoms. The summed E-state index contributed by atoms with van der Waals surface area (Å²) in [6.07, 6.45) is 24.5. The molecule has 3 aliphatic rings. The van der Waals surface area contributed by atoms with E-state index in [-0.39, 0.29) is 5.92 Å². The Balaban J connectivity index is 1.15. The predicted octanol–water partition coefficient (Wildman–Crippen LogP) is 15.8. The number of hydrogen-bond acceptors (Lipinski definition) is 3. The molecule has 0 saturated heterocycles. The molecule has 0 amide bonds. The molecule has 1 aromatic heterocycles. The highest BCUT2D eigenvalue weighted by molar-refractivity contribution is 6.05. The number of benzene rings is 6. The highest BCUT2D eigenvalue weighted by Crippen LogP contribution is 2.49. The van der Waals surface area contributed by atoms with Crippen molar-refractivity contribution in [2.24, 2.45) is 0 Å². The molecule has 0 spiro atoms. The van der Waals surface area contributed by atoms with Gasteiger partial charge in [0.05, 0.1) is 0 Å². The monoisotopic (exact) mass is 813 g/mol. The normalized spacial score (nSPS) is 15.1. The highest BCUT2D eigenvalue weighted by Gasteiger charge is 2.28. The zero-order valence-corrected chi connectivity index (χ0v) is 36.1. The number of allylic oxidation sites excluding steroid dienone is 12. The molecule has 0 N–H and O–H groups in total. The number of aromatic nitrogens is 3. The van der Waals surface area contributed by atoms with Crippen LogP contribution in [0.5, 0.6) is 0 Å². The van der Waals surface area contributed by atoms with Crippen molar-refractivity contribution in [1.29, 1.82) is 0 Å². The van der Waals surface area contributed by atoms with Crippen LogP contribution in [0.4, 0.5) is 0 Å². The Labute approximate surface area is 372 Å². The van der Waals surface area contributed by atoms with Crippen molar-refractivity contribution < 1.29 is 0 Å². The van der Waals surface area contributed by atoms with Gasteiger partial charge >= 0.3 is 0 Å². The summed E-state index contributed by atoms with van der Waals surface area (Å²) in [7, 11) is 0. The average Bonchev–Trinajstić information content (AvgIpc) is 3.74. The lowest BCUT2D eigenvalue weighted by atomic mass is 9.77. The van der Waals surface area contributed by atoms with E-state index < -0.39 is 0 Å². The maximum Gasteiger partial charge on any atom is 0.163 e. The fraction of sp³-hybridized carbons (Fsp3) is 0.150. The van der Waals surface area contributed by atoms with Crippen molar-refractivity contribution in [3.8, 4) is 56.2 Å². The molecule has 3 aliphatic carbocycles. The van der Waals surface area contributed by atoms with E-state index in [9.17, 15) is 0 Å². The van der Waals surface area contributed by atoms with Gasteiger partial charge in [-0.15, -0.1) is 0 Å². The first kappa shape index (κ1) is 39.9. The zero-order chi connectivity index (χ0) is 42.5. The molecule has 10 rings (SSSR count). The van der Waals surface area contributed by atoms with E-state index in [4.69, 9.17) is 15.0 Å². The summed E-state index contributed by atoms with van der Waals surface area (Å²) in [5.41, 5.74) is 19.8. The molecule has 6 aromatic carbocycles. The molecular formula is C60H51N3. The van der Waals surface area contributed by atoms with Gasteiger partial charge in [-0.05, 0) is 123 Å². The third-order valence-corrected chi connectivity index (χ3v) is 12.7. The van der Waals surface area contributed by atoms with Crippen LogP contribution in [0.1, 0.15) is 79.9 Å². The molecule has 63 heavy (non-hydrogen) atoms. The summed E-state index contributed by atoms with van der Waals surface area (Å²) in [5.74, 6) is 2.14. The van der Waals surface area contributed by atoms with E-state index in [1.54, 1.807) is 0 Å². The van der Waals surface area contributed by atoms with Gasteiger partial charge in [0.2, 0.25) is 0 Å². The number of nitrogens with zero attached hydrogens (tertiary/aromatic N) is 3. The van der Waals surface area contributed by atoms with Gasteiger partial charge in [-0.1, -0.05) is 202 Å². The van der Waals surface area contributed by atoms with Gasteiger partial charge in [-0.2, -0.15) is 0 Å². The Morgan fingerprint density at radius 3 is 1.86 bits per heavy atom. The standard InChI is InChI=1S/C60H51N3/c1-3-4-33-51-50-34-21-20-32-49(50)39-52(51)41(2)58-61-59(47-30-18-9-19-31-47)63-60(62-58)48-37-35-43(36-38-48)54-40-53(42-22-10-5-11-23-42)55(44-24-12-6-13-25-44)57(46-28-16-8-17-29-46)56(54)45-26-14-7-15-27-45/h4-5,7-10,12,14-22,24-38,40-41H,3,6,11,13,23,39H2,1-2H3/b33-4-. The number of rotatable bonds is 11. The highest BCUT2D eigenvalue weighted by atomic mass is 15.0. The number of hydrogen-bond donors (Lipinski definition) is 0. The third kappa shape index (κ3) is 8.04. The van der Waals surface area contributed by atoms with Crippen LogP contribution in [-0.4, -0.2) is 15.0 Å². The van der Waals surface area contributed by atoms with Gasteiger partial charge in [0.1, 0.15) is 5.82 Å². The molecule has 1 heterocycles. The molecule has 0 bridgehead atoms. The first-order valence-electron chi connectivity index (χ1n) is 22.6. The maximum absolute atomic E-state index is 5.30. The summed E-state index contributed by atoms with van der Waals surface area (Å²) in [4.78, 5) is 15.7. The van der Waals surface area contributed by atoms with Crippen molar-refractivity contribution in [3.63, 3.8) is 0 Å². The maximum atomic E-state index is 5.30. The molecule has 0 radical (unpaired) electrons. The Kier molecular flexibility index (Phi) is 11.4. The molecule has 306 valence electrons. The van der Waals surface area contributed by atoms with Crippen LogP contribution in [0.2, 0.25) is 0 Å². The molecule has 1 atom stereocenters. The quantitative estimate of drug-likeness (QED) is 0.131. The summed E-state index contributed by atoms with van der Waals surface area (Å²) in [6, 6.07) is 52.5. The molecule has 0 fully saturated rings. The van der Waals surface area contributed by atoms with Crippen molar-refractivity contribution in [1.82, 2.24) is 15.0 Å². The summed E-state index contributed by atoms with van der Waals surface area (Å²) in [5, 5.41) is 0. The van der Waals surface area contributed by atoms with Gasteiger partial charge in [0.15, 0.2) is 11.6 Å². The van der Waals surface area contributed by atoms with E-state index in [0.717, 1.165) is 61.0 Å². The van der Waals surface area contributed by atoms with Crippen molar-refractivity contribution in [2.45, 2.75) is 58.3 Å². The summed E-state index contributed by atoms with van der Waals surface area (Å²) in [6.45, 7) is 4.44. The second kappa shape index (κ2) is 18.0. The van der Waals surface area contributed by atoms with E-state index in [2.05, 4.69) is 202 Å². The Bertz CT molecular complexity index is 2980. The third-order valence-electron chi connectivity index (χ3n) is 12.7. The molecule has 0 aliphatic heterocycles. The van der Waals surface area contributed by atoms with Crippen molar-refractivity contribution in [2.75, 3.05) is 0 Å². The second-order valence-corrected chi connectivity index (χ2v) is 16.7. The first-order valence-corrected chi connectivity index (χ1v) is 22.6. The van der Waals surface area contributed by atoms with Crippen molar-refractivity contribution >= 4 is 16.7 Å². The van der Waals surface area contributed by atoms with E-state index in [0.29, 0.717) is 11.6 Å². The average molecular weight is 814 g/mol. The second-order valence-electron chi connectivity index (χ2n) is 16.7. The lowest BCUT2D eigenvalue weighted by Gasteiger charge is -2.26. The molecular weight excluding hydrogens is 763 g/mol. The predicted molar refractivity (Wildman–Crippen MR) is 265 cm³/mol. The van der Waals surface area contributed by atoms with Gasteiger partial charge in [0, 0.05) is 17.0 Å². The van der Waals surface area contributed by atoms with Gasteiger partial charge in [0.25, 0.3) is 0 Å². The minimum Gasteiger partial charge on any atom is -0.212 e. The molecule has 3 nitrogen and oxygen atoms in total. The van der Waals surface area contributed by atoms with E-state index in [1.165, 1.54) is 72.4 Å². The minimum atomic E-state index is -0.0165. The van der Waals surface area contributed by atoms with Gasteiger partial charge < -0.3 is 0 Å². The molecule has 1 unspecified atom stereocenters. The van der Waals surface area contributed by atoms with Crippen LogP contribution >= 0.6 is 0 Å². The summed E-state index contributed by atoms with van der Waals surface area (Å²) >= 11 is 0. The van der Waals surface area contributed by atoms with Gasteiger partial charge in [-0.3, -0.25) is 0 Å². The fourth-order valence-electron chi connectivity index (χ4n) is 9.50. The molecule has 7 aromatic rings. The van der Waals surface area contributed by atoms with Gasteiger partial charge in [-0.25, -0.2) is 15.0 Å².